The average Bonchev–Trinajstić information content (AvgIpc) is 3.14. The van der Waals surface area contributed by atoms with Crippen molar-refractivity contribution in [1.29, 1.82) is 0 Å². The van der Waals surface area contributed by atoms with Gasteiger partial charge in [0.1, 0.15) is 0 Å². The number of methoxy groups -OCH3 is 1. The first kappa shape index (κ1) is 24.7. The van der Waals surface area contributed by atoms with Gasteiger partial charge in [0.2, 0.25) is 5.88 Å². The first-order valence-electron chi connectivity index (χ1n) is 10.5. The molecule has 1 heterocycles. The molecule has 1 N–H and O–H groups in total. The van der Waals surface area contributed by atoms with Crippen LogP contribution in [0.1, 0.15) is 30.2 Å². The average molecular weight is 493 g/mol. The van der Waals surface area contributed by atoms with Crippen LogP contribution >= 0.6 is 23.2 Å². The molecule has 0 aliphatic rings. The highest BCUT2D eigenvalue weighted by atomic mass is 35.5. The van der Waals surface area contributed by atoms with Gasteiger partial charge in [0.25, 0.3) is 0 Å². The van der Waals surface area contributed by atoms with Crippen LogP contribution in [0.25, 0.3) is 0 Å². The SMILES string of the molecule is CCOc1cc(CCCOc2c(CC(=O)O)cccc2OC)n(Cc2ccc(Cl)cc2Cl)n1. The second-order valence-corrected chi connectivity index (χ2v) is 8.11. The molecule has 176 valence electrons. The van der Waals surface area contributed by atoms with Crippen LogP contribution in [0, 0.1) is 0 Å². The predicted molar refractivity (Wildman–Crippen MR) is 127 cm³/mol. The molecule has 0 fully saturated rings. The number of hydrogen-bond acceptors (Lipinski definition) is 5. The van der Waals surface area contributed by atoms with Crippen molar-refractivity contribution in [2.45, 2.75) is 32.7 Å². The molecule has 0 saturated carbocycles. The second-order valence-electron chi connectivity index (χ2n) is 7.27. The Hall–Kier alpha value is -2.90. The molecule has 3 rings (SSSR count). The van der Waals surface area contributed by atoms with Crippen LogP contribution in [0.15, 0.2) is 42.5 Å². The summed E-state index contributed by atoms with van der Waals surface area (Å²) in [6.07, 6.45) is 1.21. The van der Waals surface area contributed by atoms with Crippen molar-refractivity contribution in [2.24, 2.45) is 0 Å². The Morgan fingerprint density at radius 2 is 1.94 bits per heavy atom. The van der Waals surface area contributed by atoms with E-state index in [1.807, 2.05) is 23.7 Å². The number of benzene rings is 2. The van der Waals surface area contributed by atoms with Gasteiger partial charge in [-0.15, -0.1) is 5.10 Å². The maximum absolute atomic E-state index is 11.2. The maximum Gasteiger partial charge on any atom is 0.307 e. The van der Waals surface area contributed by atoms with Gasteiger partial charge in [-0.3, -0.25) is 9.48 Å². The fourth-order valence-corrected chi connectivity index (χ4v) is 3.88. The standard InChI is InChI=1S/C24H26Cl2N2O5/c1-3-32-22-14-19(28(27-22)15-17-9-10-18(25)13-20(17)26)7-5-11-33-24-16(12-23(29)30)6-4-8-21(24)31-2/h4,6,8-10,13-14H,3,5,7,11-12,15H2,1-2H3,(H,29,30). The Morgan fingerprint density at radius 3 is 2.64 bits per heavy atom. The number of aryl methyl sites for hydroxylation is 1. The van der Waals surface area contributed by atoms with Crippen molar-refractivity contribution in [3.8, 4) is 17.4 Å². The summed E-state index contributed by atoms with van der Waals surface area (Å²) in [5, 5.41) is 14.9. The number of ether oxygens (including phenoxy) is 3. The van der Waals surface area contributed by atoms with Gasteiger partial charge < -0.3 is 19.3 Å². The normalized spacial score (nSPS) is 10.8. The van der Waals surface area contributed by atoms with E-state index >= 15 is 0 Å². The van der Waals surface area contributed by atoms with Gasteiger partial charge in [-0.1, -0.05) is 41.4 Å². The predicted octanol–water partition coefficient (Wildman–Crippen LogP) is 5.28. The first-order valence-corrected chi connectivity index (χ1v) is 11.3. The van der Waals surface area contributed by atoms with Crippen LogP contribution in [0.5, 0.6) is 17.4 Å². The summed E-state index contributed by atoms with van der Waals surface area (Å²) in [6, 6.07) is 12.5. The van der Waals surface area contributed by atoms with Gasteiger partial charge in [-0.05, 0) is 43.5 Å². The Bertz CT molecular complexity index is 1100. The lowest BCUT2D eigenvalue weighted by Gasteiger charge is -2.14. The number of aliphatic carboxylic acids is 1. The van der Waals surface area contributed by atoms with Gasteiger partial charge in [0.05, 0.1) is 33.3 Å². The van der Waals surface area contributed by atoms with E-state index in [0.29, 0.717) is 65.6 Å². The molecule has 0 saturated heterocycles. The smallest absolute Gasteiger partial charge is 0.307 e. The summed E-state index contributed by atoms with van der Waals surface area (Å²) < 4.78 is 18.7. The Labute approximate surface area is 202 Å². The minimum atomic E-state index is -0.929. The largest absolute Gasteiger partial charge is 0.493 e. The van der Waals surface area contributed by atoms with Crippen molar-refractivity contribution >= 4 is 29.2 Å². The molecule has 0 amide bonds. The molecule has 0 radical (unpaired) electrons. The van der Waals surface area contributed by atoms with Gasteiger partial charge in [-0.25, -0.2) is 0 Å². The van der Waals surface area contributed by atoms with Crippen molar-refractivity contribution in [3.05, 3.63) is 69.3 Å². The Kier molecular flexibility index (Phi) is 8.86. The van der Waals surface area contributed by atoms with Crippen molar-refractivity contribution < 1.29 is 24.1 Å². The van der Waals surface area contributed by atoms with E-state index in [1.54, 1.807) is 30.3 Å². The highest BCUT2D eigenvalue weighted by Crippen LogP contribution is 2.32. The summed E-state index contributed by atoms with van der Waals surface area (Å²) in [5.41, 5.74) is 2.44. The van der Waals surface area contributed by atoms with E-state index in [9.17, 15) is 9.90 Å². The third-order valence-electron chi connectivity index (χ3n) is 4.91. The molecule has 1 aromatic heterocycles. The van der Waals surface area contributed by atoms with E-state index < -0.39 is 5.97 Å². The third kappa shape index (κ3) is 6.79. The lowest BCUT2D eigenvalue weighted by molar-refractivity contribution is -0.136. The van der Waals surface area contributed by atoms with Crippen LogP contribution < -0.4 is 14.2 Å². The number of rotatable bonds is 12. The minimum Gasteiger partial charge on any atom is -0.493 e. The van der Waals surface area contributed by atoms with Gasteiger partial charge in [0, 0.05) is 27.4 Å². The zero-order valence-electron chi connectivity index (χ0n) is 18.5. The fourth-order valence-electron chi connectivity index (χ4n) is 3.41. The molecule has 33 heavy (non-hydrogen) atoms. The summed E-state index contributed by atoms with van der Waals surface area (Å²) >= 11 is 12.4. The third-order valence-corrected chi connectivity index (χ3v) is 5.50. The Morgan fingerprint density at radius 1 is 1.12 bits per heavy atom. The molecule has 0 aliphatic carbocycles. The number of halogens is 2. The highest BCUT2D eigenvalue weighted by molar-refractivity contribution is 6.35. The van der Waals surface area contributed by atoms with Crippen LogP contribution in [0.4, 0.5) is 0 Å². The van der Waals surface area contributed by atoms with Gasteiger partial charge in [-0.2, -0.15) is 0 Å². The van der Waals surface area contributed by atoms with E-state index in [-0.39, 0.29) is 6.42 Å². The maximum atomic E-state index is 11.2. The fraction of sp³-hybridized carbons (Fsp3) is 0.333. The van der Waals surface area contributed by atoms with E-state index in [0.717, 1.165) is 11.3 Å². The van der Waals surface area contributed by atoms with Crippen molar-refractivity contribution in [3.63, 3.8) is 0 Å². The number of carbonyl (C=O) groups is 1. The molecule has 2 aromatic carbocycles. The monoisotopic (exact) mass is 492 g/mol. The van der Waals surface area contributed by atoms with Crippen LogP contribution in [0.2, 0.25) is 10.0 Å². The molecular formula is C24H26Cl2N2O5. The molecule has 0 spiro atoms. The Balaban J connectivity index is 1.70. The lowest BCUT2D eigenvalue weighted by Crippen LogP contribution is -2.10. The number of hydrogen-bond donors (Lipinski definition) is 1. The zero-order valence-corrected chi connectivity index (χ0v) is 20.0. The van der Waals surface area contributed by atoms with Crippen LogP contribution in [-0.2, 0) is 24.2 Å². The first-order chi connectivity index (χ1) is 15.9. The van der Waals surface area contributed by atoms with Crippen molar-refractivity contribution in [1.82, 2.24) is 9.78 Å². The molecule has 0 unspecified atom stereocenters. The quantitative estimate of drug-likeness (QED) is 0.346. The molecule has 0 aliphatic heterocycles. The molecule has 7 nitrogen and oxygen atoms in total. The summed E-state index contributed by atoms with van der Waals surface area (Å²) in [5.74, 6) is 0.585. The van der Waals surface area contributed by atoms with Gasteiger partial charge in [0.15, 0.2) is 11.5 Å². The summed E-state index contributed by atoms with van der Waals surface area (Å²) in [6.45, 7) is 3.28. The lowest BCUT2D eigenvalue weighted by atomic mass is 10.1. The molecular weight excluding hydrogens is 467 g/mol. The number of para-hydroxylation sites is 1. The topological polar surface area (TPSA) is 82.8 Å². The van der Waals surface area contributed by atoms with Crippen LogP contribution in [-0.4, -0.2) is 41.2 Å². The number of nitrogens with zero attached hydrogens (tertiary/aromatic N) is 2. The summed E-state index contributed by atoms with van der Waals surface area (Å²) in [4.78, 5) is 11.2. The second kappa shape index (κ2) is 11.8. The highest BCUT2D eigenvalue weighted by Gasteiger charge is 2.15. The van der Waals surface area contributed by atoms with E-state index in [1.165, 1.54) is 7.11 Å². The van der Waals surface area contributed by atoms with E-state index in [2.05, 4.69) is 5.10 Å². The number of carboxylic acid groups (broad SMARTS) is 1. The summed E-state index contributed by atoms with van der Waals surface area (Å²) in [7, 11) is 1.53. The zero-order chi connectivity index (χ0) is 23.8. The molecule has 9 heteroatoms. The van der Waals surface area contributed by atoms with Crippen LogP contribution in [0.3, 0.4) is 0 Å². The molecule has 3 aromatic rings. The number of carboxylic acids is 1. The minimum absolute atomic E-state index is 0.140. The number of aromatic nitrogens is 2. The van der Waals surface area contributed by atoms with Gasteiger partial charge >= 0.3 is 5.97 Å². The van der Waals surface area contributed by atoms with E-state index in [4.69, 9.17) is 37.4 Å². The molecule has 0 bridgehead atoms. The van der Waals surface area contributed by atoms with Crippen molar-refractivity contribution in [2.75, 3.05) is 20.3 Å². The molecule has 0 atom stereocenters.